The molecule has 1 saturated carbocycles. The molecule has 0 bridgehead atoms. The van der Waals surface area contributed by atoms with Crippen molar-refractivity contribution in [1.82, 2.24) is 5.32 Å². The van der Waals surface area contributed by atoms with Crippen LogP contribution in [0.1, 0.15) is 60.8 Å². The van der Waals surface area contributed by atoms with Gasteiger partial charge in [-0.25, -0.2) is 0 Å². The molecule has 1 aliphatic rings. The van der Waals surface area contributed by atoms with Crippen molar-refractivity contribution >= 4 is 0 Å². The Morgan fingerprint density at radius 3 is 2.00 bits per heavy atom. The van der Waals surface area contributed by atoms with Gasteiger partial charge in [-0.2, -0.15) is 0 Å². The molecule has 2 heteroatoms. The molecule has 1 rings (SSSR count). The van der Waals surface area contributed by atoms with Crippen molar-refractivity contribution in [3.8, 4) is 0 Å². The third-order valence-electron chi connectivity index (χ3n) is 3.89. The standard InChI is InChI=1S/C15H31NO/c1-14(2,3)11-8-9-12(16-7)13(10-11)17-15(4,5)6/h11-13,16H,8-10H2,1-7H3. The van der Waals surface area contributed by atoms with E-state index in [9.17, 15) is 0 Å². The van der Waals surface area contributed by atoms with E-state index in [0.29, 0.717) is 17.6 Å². The fourth-order valence-electron chi connectivity index (χ4n) is 2.83. The molecule has 0 saturated heterocycles. The molecule has 3 atom stereocenters. The maximum absolute atomic E-state index is 6.25. The van der Waals surface area contributed by atoms with Gasteiger partial charge in [0, 0.05) is 6.04 Å². The van der Waals surface area contributed by atoms with Crippen molar-refractivity contribution in [2.24, 2.45) is 11.3 Å². The molecule has 102 valence electrons. The summed E-state index contributed by atoms with van der Waals surface area (Å²) < 4.78 is 6.25. The first-order valence-electron chi connectivity index (χ1n) is 6.98. The molecule has 17 heavy (non-hydrogen) atoms. The molecule has 1 aliphatic carbocycles. The fourth-order valence-corrected chi connectivity index (χ4v) is 2.83. The van der Waals surface area contributed by atoms with Crippen LogP contribution in [0.3, 0.4) is 0 Å². The molecule has 0 amide bonds. The summed E-state index contributed by atoms with van der Waals surface area (Å²) in [6, 6.07) is 0.521. The second-order valence-electron chi connectivity index (χ2n) is 7.54. The first-order valence-corrected chi connectivity index (χ1v) is 6.98. The first-order chi connectivity index (χ1) is 7.63. The van der Waals surface area contributed by atoms with Gasteiger partial charge in [0.1, 0.15) is 0 Å². The smallest absolute Gasteiger partial charge is 0.0737 e. The van der Waals surface area contributed by atoms with Gasteiger partial charge in [-0.15, -0.1) is 0 Å². The Kier molecular flexibility index (Phi) is 4.65. The first kappa shape index (κ1) is 15.0. The Morgan fingerprint density at radius 1 is 1.00 bits per heavy atom. The molecule has 1 fully saturated rings. The third-order valence-corrected chi connectivity index (χ3v) is 3.89. The van der Waals surface area contributed by atoms with Crippen LogP contribution in [-0.2, 0) is 4.74 Å². The van der Waals surface area contributed by atoms with Crippen LogP contribution in [0.15, 0.2) is 0 Å². The van der Waals surface area contributed by atoms with Crippen molar-refractivity contribution in [3.05, 3.63) is 0 Å². The Labute approximate surface area is 108 Å². The molecule has 0 aromatic rings. The summed E-state index contributed by atoms with van der Waals surface area (Å²) in [5, 5.41) is 3.42. The second kappa shape index (κ2) is 5.27. The number of likely N-dealkylation sites (N-methyl/N-ethyl adjacent to an activating group) is 1. The lowest BCUT2D eigenvalue weighted by Crippen LogP contribution is -2.48. The summed E-state index contributed by atoms with van der Waals surface area (Å²) in [5.74, 6) is 0.777. The maximum atomic E-state index is 6.25. The Hall–Kier alpha value is -0.0800. The molecule has 1 N–H and O–H groups in total. The SMILES string of the molecule is CNC1CCC(C(C)(C)C)CC1OC(C)(C)C. The summed E-state index contributed by atoms with van der Waals surface area (Å²) in [7, 11) is 2.06. The zero-order chi connectivity index (χ0) is 13.3. The summed E-state index contributed by atoms with van der Waals surface area (Å²) in [6.07, 6.45) is 4.10. The van der Waals surface area contributed by atoms with Crippen LogP contribution in [-0.4, -0.2) is 24.8 Å². The second-order valence-corrected chi connectivity index (χ2v) is 7.54. The highest BCUT2D eigenvalue weighted by atomic mass is 16.5. The molecular formula is C15H31NO. The topological polar surface area (TPSA) is 21.3 Å². The normalized spacial score (nSPS) is 31.6. The van der Waals surface area contributed by atoms with Gasteiger partial charge in [0.05, 0.1) is 11.7 Å². The summed E-state index contributed by atoms with van der Waals surface area (Å²) in [5.41, 5.74) is 0.359. The largest absolute Gasteiger partial charge is 0.371 e. The third kappa shape index (κ3) is 4.59. The van der Waals surface area contributed by atoms with Crippen molar-refractivity contribution in [2.45, 2.75) is 78.6 Å². The van der Waals surface area contributed by atoms with Crippen molar-refractivity contribution < 1.29 is 4.74 Å². The summed E-state index contributed by atoms with van der Waals surface area (Å²) >= 11 is 0. The van der Waals surface area contributed by atoms with Gasteiger partial charge in [0.2, 0.25) is 0 Å². The molecule has 3 unspecified atom stereocenters. The number of hydrogen-bond donors (Lipinski definition) is 1. The zero-order valence-corrected chi connectivity index (χ0v) is 12.8. The molecule has 0 heterocycles. The van der Waals surface area contributed by atoms with Crippen molar-refractivity contribution in [1.29, 1.82) is 0 Å². The van der Waals surface area contributed by atoms with E-state index < -0.39 is 0 Å². The van der Waals surface area contributed by atoms with E-state index in [-0.39, 0.29) is 5.60 Å². The van der Waals surface area contributed by atoms with E-state index in [0.717, 1.165) is 5.92 Å². The molecule has 0 aromatic heterocycles. The van der Waals surface area contributed by atoms with Gasteiger partial charge in [0.15, 0.2) is 0 Å². The summed E-state index contributed by atoms with van der Waals surface area (Å²) in [6.45, 7) is 13.5. The highest BCUT2D eigenvalue weighted by Gasteiger charge is 2.37. The van der Waals surface area contributed by atoms with Crippen LogP contribution in [0, 0.1) is 11.3 Å². The number of ether oxygens (including phenoxy) is 1. The predicted octanol–water partition coefficient (Wildman–Crippen LogP) is 3.60. The monoisotopic (exact) mass is 241 g/mol. The van der Waals surface area contributed by atoms with Gasteiger partial charge in [-0.1, -0.05) is 20.8 Å². The Bertz CT molecular complexity index is 236. The lowest BCUT2D eigenvalue weighted by molar-refractivity contribution is -0.103. The summed E-state index contributed by atoms with van der Waals surface area (Å²) in [4.78, 5) is 0. The number of hydrogen-bond acceptors (Lipinski definition) is 2. The zero-order valence-electron chi connectivity index (χ0n) is 12.8. The average molecular weight is 241 g/mol. The van der Waals surface area contributed by atoms with Gasteiger partial charge in [0.25, 0.3) is 0 Å². The molecule has 0 aliphatic heterocycles. The minimum Gasteiger partial charge on any atom is -0.371 e. The van der Waals surface area contributed by atoms with E-state index in [1.54, 1.807) is 0 Å². The quantitative estimate of drug-likeness (QED) is 0.797. The van der Waals surface area contributed by atoms with Gasteiger partial charge in [-0.05, 0) is 58.4 Å². The Balaban J connectivity index is 2.69. The number of nitrogens with one attached hydrogen (secondary N) is 1. The lowest BCUT2D eigenvalue weighted by Gasteiger charge is -2.43. The minimum atomic E-state index is -0.0421. The van der Waals surface area contributed by atoms with Gasteiger partial charge >= 0.3 is 0 Å². The van der Waals surface area contributed by atoms with E-state index in [4.69, 9.17) is 4.74 Å². The molecule has 0 spiro atoms. The predicted molar refractivity (Wildman–Crippen MR) is 74.3 cm³/mol. The highest BCUT2D eigenvalue weighted by Crippen LogP contribution is 2.39. The highest BCUT2D eigenvalue weighted by molar-refractivity contribution is 4.90. The van der Waals surface area contributed by atoms with E-state index in [1.165, 1.54) is 19.3 Å². The average Bonchev–Trinajstić information content (AvgIpc) is 2.13. The molecular weight excluding hydrogens is 210 g/mol. The van der Waals surface area contributed by atoms with E-state index in [1.807, 2.05) is 0 Å². The minimum absolute atomic E-state index is 0.0421. The van der Waals surface area contributed by atoms with Crippen LogP contribution in [0.2, 0.25) is 0 Å². The number of rotatable bonds is 2. The van der Waals surface area contributed by atoms with Crippen LogP contribution >= 0.6 is 0 Å². The molecule has 0 aromatic carbocycles. The fraction of sp³-hybridized carbons (Fsp3) is 1.00. The van der Waals surface area contributed by atoms with Crippen LogP contribution in [0.5, 0.6) is 0 Å². The van der Waals surface area contributed by atoms with E-state index in [2.05, 4.69) is 53.9 Å². The van der Waals surface area contributed by atoms with Gasteiger partial charge in [-0.3, -0.25) is 0 Å². The van der Waals surface area contributed by atoms with Crippen molar-refractivity contribution in [3.63, 3.8) is 0 Å². The Morgan fingerprint density at radius 2 is 1.59 bits per heavy atom. The lowest BCUT2D eigenvalue weighted by atomic mass is 9.70. The van der Waals surface area contributed by atoms with E-state index >= 15 is 0 Å². The van der Waals surface area contributed by atoms with Crippen LogP contribution in [0.25, 0.3) is 0 Å². The van der Waals surface area contributed by atoms with Crippen LogP contribution in [0.4, 0.5) is 0 Å². The van der Waals surface area contributed by atoms with Gasteiger partial charge < -0.3 is 10.1 Å². The van der Waals surface area contributed by atoms with Crippen molar-refractivity contribution in [2.75, 3.05) is 7.05 Å². The molecule has 0 radical (unpaired) electrons. The van der Waals surface area contributed by atoms with Crippen LogP contribution < -0.4 is 5.32 Å². The molecule has 2 nitrogen and oxygen atoms in total. The maximum Gasteiger partial charge on any atom is 0.0737 e.